The molecule has 1 fully saturated rings. The van der Waals surface area contributed by atoms with E-state index in [2.05, 4.69) is 31.3 Å². The van der Waals surface area contributed by atoms with Crippen molar-refractivity contribution in [1.29, 1.82) is 0 Å². The van der Waals surface area contributed by atoms with E-state index >= 15 is 0 Å². The second kappa shape index (κ2) is 5.35. The molecule has 1 aromatic rings. The van der Waals surface area contributed by atoms with E-state index in [0.29, 0.717) is 12.0 Å². The van der Waals surface area contributed by atoms with Crippen LogP contribution in [0, 0.1) is 11.8 Å². The van der Waals surface area contributed by atoms with E-state index in [1.54, 1.807) is 0 Å². The quantitative estimate of drug-likeness (QED) is 0.829. The summed E-state index contributed by atoms with van der Waals surface area (Å²) in [7, 11) is 0. The third-order valence-electron chi connectivity index (χ3n) is 3.36. The second-order valence-electron chi connectivity index (χ2n) is 5.32. The van der Waals surface area contributed by atoms with Crippen molar-refractivity contribution < 1.29 is 4.79 Å². The summed E-state index contributed by atoms with van der Waals surface area (Å²) in [4.78, 5) is 12.1. The van der Waals surface area contributed by atoms with Crippen LogP contribution >= 0.6 is 0 Å². The van der Waals surface area contributed by atoms with Crippen molar-refractivity contribution in [2.45, 2.75) is 39.2 Å². The van der Waals surface area contributed by atoms with Gasteiger partial charge in [0.25, 0.3) is 0 Å². The van der Waals surface area contributed by atoms with Crippen molar-refractivity contribution in [2.75, 3.05) is 0 Å². The van der Waals surface area contributed by atoms with E-state index in [1.807, 2.05) is 18.2 Å². The summed E-state index contributed by atoms with van der Waals surface area (Å²) in [6, 6.07) is 10.7. The van der Waals surface area contributed by atoms with Crippen LogP contribution in [-0.2, 0) is 11.2 Å². The average molecular weight is 231 g/mol. The first-order valence-electron chi connectivity index (χ1n) is 6.51. The van der Waals surface area contributed by atoms with Crippen molar-refractivity contribution in [3.05, 3.63) is 35.9 Å². The first kappa shape index (κ1) is 12.2. The Morgan fingerprint density at radius 3 is 2.47 bits per heavy atom. The topological polar surface area (TPSA) is 29.1 Å². The molecular weight excluding hydrogens is 210 g/mol. The lowest BCUT2D eigenvalue weighted by atomic mass is 9.88. The summed E-state index contributed by atoms with van der Waals surface area (Å²) < 4.78 is 0. The number of rotatable bonds is 5. The molecule has 0 aromatic heterocycles. The molecule has 1 saturated carbocycles. The Balaban J connectivity index is 1.98. The maximum atomic E-state index is 12.1. The molecule has 0 saturated heterocycles. The van der Waals surface area contributed by atoms with E-state index in [9.17, 15) is 4.79 Å². The number of hydrogen-bond acceptors (Lipinski definition) is 1. The summed E-state index contributed by atoms with van der Waals surface area (Å²) in [6.45, 7) is 4.25. The highest BCUT2D eigenvalue weighted by atomic mass is 16.2. The Kier molecular flexibility index (Phi) is 3.82. The molecule has 1 unspecified atom stereocenters. The highest BCUT2D eigenvalue weighted by Crippen LogP contribution is 2.22. The summed E-state index contributed by atoms with van der Waals surface area (Å²) >= 11 is 0. The number of carbonyl (C=O) groups is 1. The van der Waals surface area contributed by atoms with E-state index in [1.165, 1.54) is 5.56 Å². The van der Waals surface area contributed by atoms with Gasteiger partial charge in [0, 0.05) is 12.0 Å². The predicted octanol–water partition coefficient (Wildman–Crippen LogP) is 2.78. The number of hydrogen-bond donors (Lipinski definition) is 1. The van der Waals surface area contributed by atoms with Gasteiger partial charge in [-0.2, -0.15) is 0 Å². The lowest BCUT2D eigenvalue weighted by Gasteiger charge is -2.20. The van der Waals surface area contributed by atoms with Gasteiger partial charge in [0.05, 0.1) is 0 Å². The molecule has 1 amide bonds. The lowest BCUT2D eigenvalue weighted by molar-refractivity contribution is -0.126. The molecule has 0 aliphatic heterocycles. The summed E-state index contributed by atoms with van der Waals surface area (Å²) in [5.74, 6) is 0.707. The molecule has 1 aliphatic rings. The van der Waals surface area contributed by atoms with Crippen LogP contribution in [0.3, 0.4) is 0 Å². The van der Waals surface area contributed by atoms with Gasteiger partial charge in [-0.3, -0.25) is 4.79 Å². The van der Waals surface area contributed by atoms with Crippen LogP contribution < -0.4 is 5.32 Å². The van der Waals surface area contributed by atoms with Gasteiger partial charge in [-0.15, -0.1) is 0 Å². The first-order valence-corrected chi connectivity index (χ1v) is 6.51. The minimum Gasteiger partial charge on any atom is -0.353 e. The Morgan fingerprint density at radius 1 is 1.29 bits per heavy atom. The molecule has 92 valence electrons. The van der Waals surface area contributed by atoms with Gasteiger partial charge in [-0.25, -0.2) is 0 Å². The van der Waals surface area contributed by atoms with Gasteiger partial charge in [0.2, 0.25) is 5.91 Å². The van der Waals surface area contributed by atoms with E-state index in [-0.39, 0.29) is 11.8 Å². The Morgan fingerprint density at radius 2 is 1.94 bits per heavy atom. The number of nitrogens with one attached hydrogen (secondary N) is 1. The molecule has 1 atom stereocenters. The second-order valence-corrected chi connectivity index (χ2v) is 5.32. The van der Waals surface area contributed by atoms with Crippen LogP contribution in [0.25, 0.3) is 0 Å². The number of carbonyl (C=O) groups excluding carboxylic acids is 1. The van der Waals surface area contributed by atoms with E-state index < -0.39 is 0 Å². The SMILES string of the molecule is CC(C)C(Cc1ccccc1)C(=O)NC1CC1. The van der Waals surface area contributed by atoms with Crippen LogP contribution in [0.15, 0.2) is 30.3 Å². The van der Waals surface area contributed by atoms with Gasteiger partial charge < -0.3 is 5.32 Å². The zero-order valence-corrected chi connectivity index (χ0v) is 10.6. The van der Waals surface area contributed by atoms with Gasteiger partial charge in [0.1, 0.15) is 0 Å². The summed E-state index contributed by atoms with van der Waals surface area (Å²) in [5.41, 5.74) is 1.25. The molecule has 17 heavy (non-hydrogen) atoms. The van der Waals surface area contributed by atoms with Crippen molar-refractivity contribution >= 4 is 5.91 Å². The highest BCUT2D eigenvalue weighted by Gasteiger charge is 2.28. The molecule has 1 aliphatic carbocycles. The average Bonchev–Trinajstić information content (AvgIpc) is 3.10. The predicted molar refractivity (Wildman–Crippen MR) is 69.6 cm³/mol. The van der Waals surface area contributed by atoms with E-state index in [4.69, 9.17) is 0 Å². The van der Waals surface area contributed by atoms with Crippen LogP contribution in [0.1, 0.15) is 32.3 Å². The fourth-order valence-electron chi connectivity index (χ4n) is 2.04. The van der Waals surface area contributed by atoms with Crippen LogP contribution in [0.2, 0.25) is 0 Å². The van der Waals surface area contributed by atoms with Gasteiger partial charge in [-0.1, -0.05) is 44.2 Å². The third kappa shape index (κ3) is 3.58. The van der Waals surface area contributed by atoms with Crippen molar-refractivity contribution in [3.8, 4) is 0 Å². The van der Waals surface area contributed by atoms with Crippen LogP contribution in [0.5, 0.6) is 0 Å². The van der Waals surface area contributed by atoms with Gasteiger partial charge >= 0.3 is 0 Å². The standard InChI is InChI=1S/C15H21NO/c1-11(2)14(15(17)16-13-8-9-13)10-12-6-4-3-5-7-12/h3-7,11,13-14H,8-10H2,1-2H3,(H,16,17). The van der Waals surface area contributed by atoms with Crippen molar-refractivity contribution in [1.82, 2.24) is 5.32 Å². The molecule has 0 spiro atoms. The first-order chi connectivity index (χ1) is 8.16. The molecular formula is C15H21NO. The van der Waals surface area contributed by atoms with Crippen LogP contribution in [0.4, 0.5) is 0 Å². The zero-order valence-electron chi connectivity index (χ0n) is 10.6. The monoisotopic (exact) mass is 231 g/mol. The molecule has 0 heterocycles. The lowest BCUT2D eigenvalue weighted by Crippen LogP contribution is -2.36. The molecule has 2 rings (SSSR count). The summed E-state index contributed by atoms with van der Waals surface area (Å²) in [5, 5.41) is 3.12. The maximum Gasteiger partial charge on any atom is 0.223 e. The van der Waals surface area contributed by atoms with Crippen LogP contribution in [-0.4, -0.2) is 11.9 Å². The number of benzene rings is 1. The van der Waals surface area contributed by atoms with Gasteiger partial charge in [-0.05, 0) is 30.7 Å². The fraction of sp³-hybridized carbons (Fsp3) is 0.533. The number of amides is 1. The van der Waals surface area contributed by atoms with Crippen molar-refractivity contribution in [3.63, 3.8) is 0 Å². The summed E-state index contributed by atoms with van der Waals surface area (Å²) in [6.07, 6.45) is 3.15. The van der Waals surface area contributed by atoms with Crippen molar-refractivity contribution in [2.24, 2.45) is 11.8 Å². The Labute approximate surface area is 103 Å². The minimum atomic E-state index is 0.0954. The molecule has 1 aromatic carbocycles. The fourth-order valence-corrected chi connectivity index (χ4v) is 2.04. The van der Waals surface area contributed by atoms with Gasteiger partial charge in [0.15, 0.2) is 0 Å². The minimum absolute atomic E-state index is 0.0954. The molecule has 2 heteroatoms. The molecule has 0 radical (unpaired) electrons. The third-order valence-corrected chi connectivity index (χ3v) is 3.36. The molecule has 2 nitrogen and oxygen atoms in total. The zero-order chi connectivity index (χ0) is 12.3. The normalized spacial score (nSPS) is 16.9. The highest BCUT2D eigenvalue weighted by molar-refractivity contribution is 5.79. The van der Waals surface area contributed by atoms with E-state index in [0.717, 1.165) is 19.3 Å². The Bertz CT molecular complexity index is 368. The molecule has 1 N–H and O–H groups in total. The largest absolute Gasteiger partial charge is 0.353 e. The molecule has 0 bridgehead atoms. The Hall–Kier alpha value is -1.31. The maximum absolute atomic E-state index is 12.1. The smallest absolute Gasteiger partial charge is 0.223 e.